The minimum absolute atomic E-state index is 0.145. The van der Waals surface area contributed by atoms with Crippen molar-refractivity contribution in [1.82, 2.24) is 0 Å². The summed E-state index contributed by atoms with van der Waals surface area (Å²) in [6.45, 7) is 0. The van der Waals surface area contributed by atoms with Crippen LogP contribution in [0, 0.1) is 0 Å². The Balaban J connectivity index is 1.95. The van der Waals surface area contributed by atoms with Crippen LogP contribution in [0.1, 0.15) is 16.7 Å². The van der Waals surface area contributed by atoms with Gasteiger partial charge in [-0.2, -0.15) is 0 Å². The molecular formula is C22H22ClN3O2. The number of amides is 1. The van der Waals surface area contributed by atoms with Crippen molar-refractivity contribution in [2.24, 2.45) is 0 Å². The van der Waals surface area contributed by atoms with Crippen LogP contribution in [-0.4, -0.2) is 34.1 Å². The molecule has 0 fully saturated rings. The van der Waals surface area contributed by atoms with E-state index < -0.39 is 5.41 Å². The van der Waals surface area contributed by atoms with Gasteiger partial charge in [-0.05, 0) is 47.0 Å². The Bertz CT molecular complexity index is 969. The second-order valence-corrected chi connectivity index (χ2v) is 7.75. The number of carbonyl (C=O) groups is 1. The molecule has 1 aliphatic rings. The van der Waals surface area contributed by atoms with Crippen LogP contribution < -0.4 is 15.1 Å². The molecule has 0 saturated carbocycles. The summed E-state index contributed by atoms with van der Waals surface area (Å²) in [7, 11) is 7.95. The summed E-state index contributed by atoms with van der Waals surface area (Å²) < 4.78 is 5.54. The van der Waals surface area contributed by atoms with Gasteiger partial charge in [0.25, 0.3) is 0 Å². The van der Waals surface area contributed by atoms with Crippen LogP contribution in [0.2, 0.25) is 5.22 Å². The van der Waals surface area contributed by atoms with Gasteiger partial charge in [-0.15, -0.1) is 0 Å². The van der Waals surface area contributed by atoms with E-state index in [0.29, 0.717) is 5.88 Å². The zero-order valence-corrected chi connectivity index (χ0v) is 17.0. The van der Waals surface area contributed by atoms with Crippen LogP contribution in [0.15, 0.2) is 59.0 Å². The number of benzene rings is 2. The smallest absolute Gasteiger partial charge is 0.246 e. The van der Waals surface area contributed by atoms with E-state index in [1.54, 1.807) is 6.07 Å². The Labute approximate surface area is 169 Å². The van der Waals surface area contributed by atoms with Gasteiger partial charge in [0, 0.05) is 51.2 Å². The van der Waals surface area contributed by atoms with E-state index in [2.05, 4.69) is 5.32 Å². The highest BCUT2D eigenvalue weighted by Crippen LogP contribution is 2.50. The molecule has 0 radical (unpaired) electrons. The van der Waals surface area contributed by atoms with E-state index in [0.717, 1.165) is 28.1 Å². The molecule has 0 saturated heterocycles. The number of anilines is 3. The van der Waals surface area contributed by atoms with E-state index in [1.807, 2.05) is 86.5 Å². The first-order valence-electron chi connectivity index (χ1n) is 9.01. The number of fused-ring (bicyclic) bond motifs is 1. The SMILES string of the molecule is CN(C)c1ccc(C2(c3ccc(N(C)C)cc3)C(=O)Nc3oc(Cl)cc32)cc1. The number of hydrogen-bond donors (Lipinski definition) is 1. The van der Waals surface area contributed by atoms with Crippen LogP contribution in [0.25, 0.3) is 0 Å². The molecule has 1 aliphatic heterocycles. The second kappa shape index (κ2) is 6.60. The summed E-state index contributed by atoms with van der Waals surface area (Å²) in [6, 6.07) is 17.7. The number of hydrogen-bond acceptors (Lipinski definition) is 4. The largest absolute Gasteiger partial charge is 0.429 e. The molecule has 4 rings (SSSR count). The van der Waals surface area contributed by atoms with Crippen molar-refractivity contribution < 1.29 is 9.21 Å². The van der Waals surface area contributed by atoms with Crippen molar-refractivity contribution in [3.8, 4) is 0 Å². The highest BCUT2D eigenvalue weighted by Gasteiger charge is 2.52. The third-order valence-electron chi connectivity index (χ3n) is 5.31. The lowest BCUT2D eigenvalue weighted by atomic mass is 9.71. The molecule has 6 heteroatoms. The number of furan rings is 1. The molecule has 0 spiro atoms. The predicted molar refractivity (Wildman–Crippen MR) is 114 cm³/mol. The Morgan fingerprint density at radius 2 is 1.32 bits per heavy atom. The van der Waals surface area contributed by atoms with E-state index in [1.165, 1.54) is 0 Å². The Morgan fingerprint density at radius 1 is 0.857 bits per heavy atom. The molecule has 28 heavy (non-hydrogen) atoms. The topological polar surface area (TPSA) is 48.7 Å². The number of carbonyl (C=O) groups excluding carboxylic acids is 1. The first kappa shape index (κ1) is 18.4. The third kappa shape index (κ3) is 2.66. The Hall–Kier alpha value is -2.92. The van der Waals surface area contributed by atoms with Crippen molar-refractivity contribution in [1.29, 1.82) is 0 Å². The zero-order chi connectivity index (χ0) is 20.1. The van der Waals surface area contributed by atoms with Gasteiger partial charge in [0.1, 0.15) is 5.41 Å². The van der Waals surface area contributed by atoms with Gasteiger partial charge in [-0.1, -0.05) is 24.3 Å². The summed E-state index contributed by atoms with van der Waals surface area (Å²) in [4.78, 5) is 17.4. The predicted octanol–water partition coefficient (Wildman–Crippen LogP) is 4.35. The highest BCUT2D eigenvalue weighted by molar-refractivity contribution is 6.29. The summed E-state index contributed by atoms with van der Waals surface area (Å²) in [5, 5.41) is 3.12. The highest BCUT2D eigenvalue weighted by atomic mass is 35.5. The molecular weight excluding hydrogens is 374 g/mol. The fourth-order valence-electron chi connectivity index (χ4n) is 3.81. The van der Waals surface area contributed by atoms with Gasteiger partial charge in [0.15, 0.2) is 5.22 Å². The van der Waals surface area contributed by atoms with Crippen molar-refractivity contribution in [3.63, 3.8) is 0 Å². The molecule has 0 unspecified atom stereocenters. The van der Waals surface area contributed by atoms with Crippen LogP contribution in [0.4, 0.5) is 17.3 Å². The standard InChI is InChI=1S/C22H22ClN3O2/c1-25(2)16-9-5-14(6-10-16)22(15-7-11-17(12-8-15)26(3)4)18-13-19(23)28-20(18)24-21(22)27/h5-13H,1-4H3,(H,24,27). The van der Waals surface area contributed by atoms with E-state index in [9.17, 15) is 4.79 Å². The van der Waals surface area contributed by atoms with Crippen molar-refractivity contribution in [3.05, 3.63) is 76.5 Å². The monoisotopic (exact) mass is 395 g/mol. The van der Waals surface area contributed by atoms with Crippen molar-refractivity contribution in [2.75, 3.05) is 43.3 Å². The first-order chi connectivity index (χ1) is 13.3. The van der Waals surface area contributed by atoms with Crippen LogP contribution in [-0.2, 0) is 10.2 Å². The molecule has 0 aliphatic carbocycles. The lowest BCUT2D eigenvalue weighted by Gasteiger charge is -2.29. The lowest BCUT2D eigenvalue weighted by molar-refractivity contribution is -0.118. The minimum atomic E-state index is -1.01. The van der Waals surface area contributed by atoms with Crippen LogP contribution in [0.5, 0.6) is 0 Å². The third-order valence-corrected chi connectivity index (χ3v) is 5.49. The van der Waals surface area contributed by atoms with E-state index in [4.69, 9.17) is 16.0 Å². The van der Waals surface area contributed by atoms with Gasteiger partial charge in [0.05, 0.1) is 0 Å². The molecule has 1 N–H and O–H groups in total. The van der Waals surface area contributed by atoms with Gasteiger partial charge in [-0.25, -0.2) is 0 Å². The molecule has 5 nitrogen and oxygen atoms in total. The second-order valence-electron chi connectivity index (χ2n) is 7.38. The maximum atomic E-state index is 13.3. The molecule has 3 aromatic rings. The molecule has 2 heterocycles. The average molecular weight is 396 g/mol. The zero-order valence-electron chi connectivity index (χ0n) is 16.3. The quantitative estimate of drug-likeness (QED) is 0.713. The molecule has 2 aromatic carbocycles. The maximum Gasteiger partial charge on any atom is 0.246 e. The molecule has 0 bridgehead atoms. The van der Waals surface area contributed by atoms with Gasteiger partial charge < -0.3 is 14.2 Å². The Morgan fingerprint density at radius 3 is 1.75 bits per heavy atom. The van der Waals surface area contributed by atoms with Crippen LogP contribution in [0.3, 0.4) is 0 Å². The number of rotatable bonds is 4. The summed E-state index contributed by atoms with van der Waals surface area (Å²) in [5.74, 6) is 0.261. The van der Waals surface area contributed by atoms with Crippen molar-refractivity contribution in [2.45, 2.75) is 5.41 Å². The summed E-state index contributed by atoms with van der Waals surface area (Å²) >= 11 is 6.13. The number of halogens is 1. The fraction of sp³-hybridized carbons (Fsp3) is 0.227. The minimum Gasteiger partial charge on any atom is -0.429 e. The lowest BCUT2D eigenvalue weighted by Crippen LogP contribution is -2.37. The van der Waals surface area contributed by atoms with Crippen molar-refractivity contribution >= 4 is 34.8 Å². The average Bonchev–Trinajstić information content (AvgIpc) is 3.15. The molecule has 144 valence electrons. The normalized spacial score (nSPS) is 14.5. The maximum absolute atomic E-state index is 13.3. The first-order valence-corrected chi connectivity index (χ1v) is 9.39. The Kier molecular flexibility index (Phi) is 4.35. The van der Waals surface area contributed by atoms with Crippen LogP contribution >= 0.6 is 11.6 Å². The van der Waals surface area contributed by atoms with Gasteiger partial charge in [0.2, 0.25) is 11.8 Å². The molecule has 1 aromatic heterocycles. The molecule has 0 atom stereocenters. The number of nitrogens with one attached hydrogen (secondary N) is 1. The van der Waals surface area contributed by atoms with Gasteiger partial charge in [-0.3, -0.25) is 10.1 Å². The fourth-order valence-corrected chi connectivity index (χ4v) is 4.00. The van der Waals surface area contributed by atoms with Gasteiger partial charge >= 0.3 is 0 Å². The van der Waals surface area contributed by atoms with E-state index in [-0.39, 0.29) is 11.1 Å². The molecule has 1 amide bonds. The number of nitrogens with zero attached hydrogens (tertiary/aromatic N) is 2. The summed E-state index contributed by atoms with van der Waals surface area (Å²) in [5.41, 5.74) is 3.57. The summed E-state index contributed by atoms with van der Waals surface area (Å²) in [6.07, 6.45) is 0. The van der Waals surface area contributed by atoms with E-state index >= 15 is 0 Å².